The second-order valence-electron chi connectivity index (χ2n) is 3.92. The van der Waals surface area contributed by atoms with E-state index in [9.17, 15) is 4.21 Å². The van der Waals surface area contributed by atoms with Crippen LogP contribution in [0.5, 0.6) is 0 Å². The van der Waals surface area contributed by atoms with Crippen molar-refractivity contribution in [2.45, 2.75) is 10.6 Å². The van der Waals surface area contributed by atoms with E-state index in [0.29, 0.717) is 26.4 Å². The Morgan fingerprint density at radius 1 is 1.16 bits per heavy atom. The van der Waals surface area contributed by atoms with Crippen LogP contribution in [0.3, 0.4) is 0 Å². The summed E-state index contributed by atoms with van der Waals surface area (Å²) in [5.41, 5.74) is 7.04. The van der Waals surface area contributed by atoms with Crippen molar-refractivity contribution in [3.63, 3.8) is 0 Å². The van der Waals surface area contributed by atoms with E-state index in [-0.39, 0.29) is 0 Å². The van der Waals surface area contributed by atoms with Crippen molar-refractivity contribution in [2.24, 2.45) is 0 Å². The smallest absolute Gasteiger partial charge is 0.0586 e. The minimum absolute atomic E-state index is 0.307. The van der Waals surface area contributed by atoms with Crippen LogP contribution in [0.25, 0.3) is 0 Å². The molecule has 0 fully saturated rings. The molecule has 0 aliphatic rings. The first-order chi connectivity index (χ1) is 8.97. The topological polar surface area (TPSA) is 43.1 Å². The van der Waals surface area contributed by atoms with Crippen LogP contribution in [-0.2, 0) is 16.6 Å². The van der Waals surface area contributed by atoms with Crippen molar-refractivity contribution < 1.29 is 4.21 Å². The predicted octanol–water partition coefficient (Wildman–Crippen LogP) is 4.65. The summed E-state index contributed by atoms with van der Waals surface area (Å²) in [5.74, 6) is 0.307. The van der Waals surface area contributed by atoms with Gasteiger partial charge in [-0.1, -0.05) is 23.2 Å². The molecule has 0 aliphatic heterocycles. The average Bonchev–Trinajstić information content (AvgIpc) is 2.33. The number of nitrogen functional groups attached to an aromatic ring is 1. The molecule has 2 nitrogen and oxygen atoms in total. The summed E-state index contributed by atoms with van der Waals surface area (Å²) in [6.07, 6.45) is 0. The van der Waals surface area contributed by atoms with Gasteiger partial charge in [0.2, 0.25) is 0 Å². The summed E-state index contributed by atoms with van der Waals surface area (Å²) in [4.78, 5) is 0.685. The molecular formula is C13H10BrCl2NOS. The van der Waals surface area contributed by atoms with Crippen LogP contribution in [0.4, 0.5) is 5.69 Å². The fourth-order valence-corrected chi connectivity index (χ4v) is 4.14. The molecule has 0 bridgehead atoms. The molecule has 0 amide bonds. The Hall–Kier alpha value is -0.550. The van der Waals surface area contributed by atoms with Gasteiger partial charge in [0.25, 0.3) is 0 Å². The quantitative estimate of drug-likeness (QED) is 0.790. The van der Waals surface area contributed by atoms with Gasteiger partial charge in [-0.15, -0.1) is 0 Å². The van der Waals surface area contributed by atoms with Gasteiger partial charge in [0.15, 0.2) is 0 Å². The minimum atomic E-state index is -1.22. The van der Waals surface area contributed by atoms with Crippen LogP contribution >= 0.6 is 39.1 Å². The van der Waals surface area contributed by atoms with Crippen molar-refractivity contribution >= 4 is 55.6 Å². The summed E-state index contributed by atoms with van der Waals surface area (Å²) >= 11 is 15.3. The van der Waals surface area contributed by atoms with Gasteiger partial charge in [-0.2, -0.15) is 0 Å². The molecule has 2 aromatic carbocycles. The molecule has 2 aromatic rings. The maximum Gasteiger partial charge on any atom is 0.0586 e. The highest BCUT2D eigenvalue weighted by atomic mass is 79.9. The van der Waals surface area contributed by atoms with Gasteiger partial charge in [-0.05, 0) is 57.9 Å². The van der Waals surface area contributed by atoms with Crippen molar-refractivity contribution in [3.8, 4) is 0 Å². The highest BCUT2D eigenvalue weighted by Gasteiger charge is 2.12. The molecule has 1 atom stereocenters. The van der Waals surface area contributed by atoms with E-state index < -0.39 is 10.8 Å². The molecule has 2 rings (SSSR count). The highest BCUT2D eigenvalue weighted by molar-refractivity contribution is 9.10. The lowest BCUT2D eigenvalue weighted by molar-refractivity contribution is 0.682. The predicted molar refractivity (Wildman–Crippen MR) is 85.1 cm³/mol. The Morgan fingerprint density at radius 3 is 2.58 bits per heavy atom. The summed E-state index contributed by atoms with van der Waals surface area (Å²) in [6, 6.07) is 10.3. The molecule has 0 saturated heterocycles. The maximum atomic E-state index is 12.3. The first-order valence-corrected chi connectivity index (χ1v) is 8.21. The van der Waals surface area contributed by atoms with Gasteiger partial charge < -0.3 is 5.73 Å². The molecule has 0 heterocycles. The van der Waals surface area contributed by atoms with Crippen molar-refractivity contribution in [1.29, 1.82) is 0 Å². The second kappa shape index (κ2) is 6.27. The summed E-state index contributed by atoms with van der Waals surface area (Å²) in [7, 11) is -1.22. The first kappa shape index (κ1) is 14.9. The molecule has 0 aliphatic carbocycles. The van der Waals surface area contributed by atoms with E-state index in [1.807, 2.05) is 0 Å². The minimum Gasteiger partial charge on any atom is -0.399 e. The zero-order valence-corrected chi connectivity index (χ0v) is 13.6. The molecule has 100 valence electrons. The third kappa shape index (κ3) is 3.72. The molecule has 0 radical (unpaired) electrons. The fourth-order valence-electron chi connectivity index (χ4n) is 1.57. The van der Waals surface area contributed by atoms with Crippen LogP contribution in [0, 0.1) is 0 Å². The van der Waals surface area contributed by atoms with Gasteiger partial charge in [-0.25, -0.2) is 0 Å². The van der Waals surface area contributed by atoms with E-state index in [1.165, 1.54) is 0 Å². The van der Waals surface area contributed by atoms with Crippen LogP contribution in [-0.4, -0.2) is 4.21 Å². The second-order valence-corrected chi connectivity index (χ2v) is 7.03. The van der Waals surface area contributed by atoms with Gasteiger partial charge in [0, 0.05) is 20.2 Å². The Balaban J connectivity index is 2.28. The SMILES string of the molecule is Nc1ccc(S(=O)Cc2cc(Cl)ccc2Cl)c(Br)c1. The van der Waals surface area contributed by atoms with Gasteiger partial charge in [0.1, 0.15) is 0 Å². The fraction of sp³-hybridized carbons (Fsp3) is 0.0769. The Kier molecular flexibility index (Phi) is 4.90. The lowest BCUT2D eigenvalue weighted by Gasteiger charge is -2.07. The first-order valence-electron chi connectivity index (χ1n) is 5.34. The number of nitrogens with two attached hydrogens (primary N) is 1. The Bertz CT molecular complexity index is 649. The molecular weight excluding hydrogens is 369 g/mol. The summed E-state index contributed by atoms with van der Waals surface area (Å²) in [6.45, 7) is 0. The number of hydrogen-bond acceptors (Lipinski definition) is 2. The zero-order valence-electron chi connectivity index (χ0n) is 9.70. The number of rotatable bonds is 3. The molecule has 0 saturated carbocycles. The number of anilines is 1. The van der Waals surface area contributed by atoms with E-state index >= 15 is 0 Å². The molecule has 0 spiro atoms. The van der Waals surface area contributed by atoms with Crippen LogP contribution in [0.1, 0.15) is 5.56 Å². The monoisotopic (exact) mass is 377 g/mol. The van der Waals surface area contributed by atoms with Crippen LogP contribution in [0.15, 0.2) is 45.8 Å². The van der Waals surface area contributed by atoms with Crippen LogP contribution in [0.2, 0.25) is 10.0 Å². The Morgan fingerprint density at radius 2 is 1.89 bits per heavy atom. The third-order valence-electron chi connectivity index (χ3n) is 2.50. The zero-order chi connectivity index (χ0) is 14.0. The largest absolute Gasteiger partial charge is 0.399 e. The normalized spacial score (nSPS) is 12.4. The third-order valence-corrected chi connectivity index (χ3v) is 5.44. The van der Waals surface area contributed by atoms with E-state index in [2.05, 4.69) is 15.9 Å². The Labute approximate surface area is 132 Å². The molecule has 2 N–H and O–H groups in total. The average molecular weight is 379 g/mol. The number of benzene rings is 2. The molecule has 0 aromatic heterocycles. The summed E-state index contributed by atoms with van der Waals surface area (Å²) < 4.78 is 13.1. The lowest BCUT2D eigenvalue weighted by atomic mass is 10.2. The highest BCUT2D eigenvalue weighted by Crippen LogP contribution is 2.27. The summed E-state index contributed by atoms with van der Waals surface area (Å²) in [5, 5.41) is 1.14. The number of hydrogen-bond donors (Lipinski definition) is 1. The van der Waals surface area contributed by atoms with E-state index in [4.69, 9.17) is 28.9 Å². The van der Waals surface area contributed by atoms with E-state index in [1.54, 1.807) is 36.4 Å². The standard InChI is InChI=1S/C13H10BrCl2NOS/c14-11-6-10(17)2-4-13(11)19(18)7-8-5-9(15)1-3-12(8)16/h1-6H,7,17H2. The van der Waals surface area contributed by atoms with Crippen molar-refractivity contribution in [1.82, 2.24) is 0 Å². The van der Waals surface area contributed by atoms with Gasteiger partial charge in [0.05, 0.1) is 21.4 Å². The maximum absolute atomic E-state index is 12.3. The van der Waals surface area contributed by atoms with Crippen molar-refractivity contribution in [3.05, 3.63) is 56.5 Å². The van der Waals surface area contributed by atoms with Gasteiger partial charge >= 0.3 is 0 Å². The molecule has 6 heteroatoms. The number of halogens is 3. The molecule has 19 heavy (non-hydrogen) atoms. The van der Waals surface area contributed by atoms with Crippen LogP contribution < -0.4 is 5.73 Å². The molecule has 1 unspecified atom stereocenters. The van der Waals surface area contributed by atoms with E-state index in [0.717, 1.165) is 10.0 Å². The lowest BCUT2D eigenvalue weighted by Crippen LogP contribution is -1.99. The van der Waals surface area contributed by atoms with Crippen molar-refractivity contribution in [2.75, 3.05) is 5.73 Å². The van der Waals surface area contributed by atoms with Gasteiger partial charge in [-0.3, -0.25) is 4.21 Å².